The van der Waals surface area contributed by atoms with Crippen molar-refractivity contribution in [3.8, 4) is 0 Å². The highest BCUT2D eigenvalue weighted by Crippen LogP contribution is 2.08. The van der Waals surface area contributed by atoms with Crippen LogP contribution in [0.2, 0.25) is 0 Å². The Morgan fingerprint density at radius 1 is 0.778 bits per heavy atom. The molecule has 0 bridgehead atoms. The fourth-order valence-electron chi connectivity index (χ4n) is 1.44. The fourth-order valence-corrected chi connectivity index (χ4v) is 1.44. The molecule has 2 fully saturated rings. The van der Waals surface area contributed by atoms with Crippen LogP contribution in [-0.4, -0.2) is 50.9 Å². The maximum absolute atomic E-state index is 12.3. The zero-order chi connectivity index (χ0) is 12.0. The molecule has 0 amide bonds. The van der Waals surface area contributed by atoms with Gasteiger partial charge in [-0.1, -0.05) is 0 Å². The molecular weight excluding hydrogens is 289 g/mol. The Labute approximate surface area is 119 Å². The summed E-state index contributed by atoms with van der Waals surface area (Å²) in [4.78, 5) is 0. The number of rotatable bonds is 0. The zero-order valence-electron chi connectivity index (χ0n) is 10.1. The minimum absolute atomic E-state index is 0. The molecule has 2 heterocycles. The summed E-state index contributed by atoms with van der Waals surface area (Å²) < 4.78 is 34.2. The van der Waals surface area contributed by atoms with Crippen LogP contribution in [0.4, 0.5) is 8.78 Å². The van der Waals surface area contributed by atoms with Gasteiger partial charge in [-0.15, -0.1) is 24.8 Å². The normalized spacial score (nSPS) is 35.3. The Bertz CT molecular complexity index is 167. The van der Waals surface area contributed by atoms with Crippen LogP contribution < -0.4 is 11.5 Å². The highest BCUT2D eigenvalue weighted by Gasteiger charge is 2.21. The molecule has 2 saturated heterocycles. The van der Waals surface area contributed by atoms with E-state index < -0.39 is 12.3 Å². The standard InChI is InChI=1S/2C5H10FNO.2ClH/c2*6-4-3-8-2-1-5(4)7;;/h2*4-5H,1-3,7H2;2*1H. The Balaban J connectivity index is 0. The Kier molecular flexibility index (Phi) is 12.7. The molecule has 8 heteroatoms. The predicted octanol–water partition coefficient (Wildman–Crippen LogP) is 0.988. The monoisotopic (exact) mass is 310 g/mol. The first-order chi connectivity index (χ1) is 7.61. The molecule has 0 aliphatic carbocycles. The average Bonchev–Trinajstić information content (AvgIpc) is 2.28. The summed E-state index contributed by atoms with van der Waals surface area (Å²) in [6.45, 7) is 1.59. The van der Waals surface area contributed by atoms with Crippen molar-refractivity contribution < 1.29 is 18.3 Å². The van der Waals surface area contributed by atoms with Crippen molar-refractivity contribution in [2.45, 2.75) is 37.3 Å². The maximum Gasteiger partial charge on any atom is 0.138 e. The SMILES string of the molecule is Cl.Cl.NC1CCOCC1F.NC1CCOCC1F. The molecule has 0 aromatic carbocycles. The van der Waals surface area contributed by atoms with Gasteiger partial charge in [-0.25, -0.2) is 8.78 Å². The Morgan fingerprint density at radius 2 is 1.11 bits per heavy atom. The van der Waals surface area contributed by atoms with Gasteiger partial charge >= 0.3 is 0 Å². The van der Waals surface area contributed by atoms with Gasteiger partial charge in [0.1, 0.15) is 12.3 Å². The molecular formula is C10H22Cl2F2N2O2. The number of hydrogen-bond acceptors (Lipinski definition) is 4. The van der Waals surface area contributed by atoms with Crippen molar-refractivity contribution in [3.05, 3.63) is 0 Å². The highest BCUT2D eigenvalue weighted by atomic mass is 35.5. The topological polar surface area (TPSA) is 70.5 Å². The first-order valence-electron chi connectivity index (χ1n) is 5.56. The second-order valence-corrected chi connectivity index (χ2v) is 4.09. The predicted molar refractivity (Wildman–Crippen MR) is 71.1 cm³/mol. The summed E-state index contributed by atoms with van der Waals surface area (Å²) in [5, 5.41) is 0. The second kappa shape index (κ2) is 11.1. The minimum Gasteiger partial charge on any atom is -0.378 e. The van der Waals surface area contributed by atoms with Crippen molar-refractivity contribution in [2.24, 2.45) is 11.5 Å². The molecule has 4 nitrogen and oxygen atoms in total. The lowest BCUT2D eigenvalue weighted by atomic mass is 10.1. The van der Waals surface area contributed by atoms with Crippen LogP contribution in [0.1, 0.15) is 12.8 Å². The third-order valence-electron chi connectivity index (χ3n) is 2.67. The minimum atomic E-state index is -0.941. The third-order valence-corrected chi connectivity index (χ3v) is 2.67. The molecule has 2 aliphatic heterocycles. The number of alkyl halides is 2. The van der Waals surface area contributed by atoms with Crippen molar-refractivity contribution >= 4 is 24.8 Å². The van der Waals surface area contributed by atoms with E-state index in [1.807, 2.05) is 0 Å². The lowest BCUT2D eigenvalue weighted by Crippen LogP contribution is -2.39. The number of halogens is 4. The van der Waals surface area contributed by atoms with Crippen LogP contribution in [0.15, 0.2) is 0 Å². The summed E-state index contributed by atoms with van der Waals surface area (Å²) in [6, 6.07) is -0.576. The Morgan fingerprint density at radius 3 is 1.28 bits per heavy atom. The molecule has 0 aromatic heterocycles. The fraction of sp³-hybridized carbons (Fsp3) is 1.00. The van der Waals surface area contributed by atoms with Crippen LogP contribution >= 0.6 is 24.8 Å². The summed E-state index contributed by atoms with van der Waals surface area (Å²) in [7, 11) is 0. The molecule has 0 saturated carbocycles. The van der Waals surface area contributed by atoms with Crippen LogP contribution in [-0.2, 0) is 9.47 Å². The second-order valence-electron chi connectivity index (χ2n) is 4.09. The third kappa shape index (κ3) is 7.66. The van der Waals surface area contributed by atoms with Gasteiger partial charge in [0.05, 0.1) is 13.2 Å². The van der Waals surface area contributed by atoms with Crippen LogP contribution in [0, 0.1) is 0 Å². The molecule has 2 rings (SSSR count). The van der Waals surface area contributed by atoms with E-state index in [0.29, 0.717) is 26.1 Å². The number of hydrogen-bond donors (Lipinski definition) is 2. The molecule has 2 aliphatic rings. The van der Waals surface area contributed by atoms with Crippen molar-refractivity contribution in [1.29, 1.82) is 0 Å². The molecule has 0 radical (unpaired) electrons. The van der Waals surface area contributed by atoms with E-state index in [-0.39, 0.29) is 50.1 Å². The molecule has 0 aromatic rings. The van der Waals surface area contributed by atoms with Crippen LogP contribution in [0.25, 0.3) is 0 Å². The summed E-state index contributed by atoms with van der Waals surface area (Å²) in [5.74, 6) is 0. The summed E-state index contributed by atoms with van der Waals surface area (Å²) in [5.41, 5.74) is 10.6. The molecule has 0 spiro atoms. The first kappa shape index (κ1) is 20.6. The van der Waals surface area contributed by atoms with Crippen molar-refractivity contribution in [3.63, 3.8) is 0 Å². The lowest BCUT2D eigenvalue weighted by Gasteiger charge is -2.21. The van der Waals surface area contributed by atoms with Gasteiger partial charge < -0.3 is 20.9 Å². The maximum atomic E-state index is 12.3. The molecule has 4 unspecified atom stereocenters. The van der Waals surface area contributed by atoms with Gasteiger partial charge in [0.25, 0.3) is 0 Å². The summed E-state index contributed by atoms with van der Waals surface area (Å²) in [6.07, 6.45) is -0.574. The molecule has 4 N–H and O–H groups in total. The van der Waals surface area contributed by atoms with E-state index in [1.54, 1.807) is 0 Å². The first-order valence-corrected chi connectivity index (χ1v) is 5.56. The zero-order valence-corrected chi connectivity index (χ0v) is 11.7. The summed E-state index contributed by atoms with van der Waals surface area (Å²) >= 11 is 0. The van der Waals surface area contributed by atoms with Gasteiger partial charge in [-0.3, -0.25) is 0 Å². The molecule has 18 heavy (non-hydrogen) atoms. The van der Waals surface area contributed by atoms with Gasteiger partial charge in [0, 0.05) is 25.3 Å². The average molecular weight is 311 g/mol. The quantitative estimate of drug-likeness (QED) is 0.700. The van der Waals surface area contributed by atoms with Crippen molar-refractivity contribution in [2.75, 3.05) is 26.4 Å². The van der Waals surface area contributed by atoms with E-state index in [2.05, 4.69) is 0 Å². The van der Waals surface area contributed by atoms with Crippen LogP contribution in [0.5, 0.6) is 0 Å². The van der Waals surface area contributed by atoms with Gasteiger partial charge in [0.2, 0.25) is 0 Å². The Hall–Kier alpha value is 0.280. The highest BCUT2D eigenvalue weighted by molar-refractivity contribution is 5.85. The van der Waals surface area contributed by atoms with E-state index >= 15 is 0 Å². The van der Waals surface area contributed by atoms with Gasteiger partial charge in [-0.2, -0.15) is 0 Å². The van der Waals surface area contributed by atoms with E-state index in [1.165, 1.54) is 0 Å². The van der Waals surface area contributed by atoms with Gasteiger partial charge in [-0.05, 0) is 12.8 Å². The van der Waals surface area contributed by atoms with E-state index in [4.69, 9.17) is 20.9 Å². The van der Waals surface area contributed by atoms with Crippen molar-refractivity contribution in [1.82, 2.24) is 0 Å². The molecule has 112 valence electrons. The van der Waals surface area contributed by atoms with Crippen LogP contribution in [0.3, 0.4) is 0 Å². The largest absolute Gasteiger partial charge is 0.378 e. The van der Waals surface area contributed by atoms with E-state index in [9.17, 15) is 8.78 Å². The smallest absolute Gasteiger partial charge is 0.138 e. The number of ether oxygens (including phenoxy) is 2. The number of nitrogens with two attached hydrogens (primary N) is 2. The van der Waals surface area contributed by atoms with Gasteiger partial charge in [0.15, 0.2) is 0 Å². The van der Waals surface area contributed by atoms with E-state index in [0.717, 1.165) is 0 Å². The lowest BCUT2D eigenvalue weighted by molar-refractivity contribution is 0.0238. The molecule has 4 atom stereocenters.